The standard InChI is InChI=1S/C17H20O4/c1-13(2)10-11-17(15(18)20-3,16(19)21-4)12-14-8-6-5-7-9-14/h5-9,11H,12H2,1-4H3. The van der Waals surface area contributed by atoms with E-state index in [1.807, 2.05) is 44.2 Å². The van der Waals surface area contributed by atoms with Gasteiger partial charge >= 0.3 is 11.9 Å². The van der Waals surface area contributed by atoms with Crippen LogP contribution in [0.3, 0.4) is 0 Å². The van der Waals surface area contributed by atoms with Gasteiger partial charge in [-0.3, -0.25) is 9.59 Å². The van der Waals surface area contributed by atoms with E-state index in [-0.39, 0.29) is 6.42 Å². The third-order valence-corrected chi connectivity index (χ3v) is 3.03. The highest BCUT2D eigenvalue weighted by molar-refractivity contribution is 6.02. The maximum absolute atomic E-state index is 12.2. The van der Waals surface area contributed by atoms with Crippen LogP contribution in [0, 0.1) is 5.41 Å². The average Bonchev–Trinajstić information content (AvgIpc) is 2.50. The number of hydrogen-bond acceptors (Lipinski definition) is 4. The van der Waals surface area contributed by atoms with Crippen molar-refractivity contribution < 1.29 is 19.1 Å². The lowest BCUT2D eigenvalue weighted by Crippen LogP contribution is -2.41. The Bertz CT molecular complexity index is 546. The van der Waals surface area contributed by atoms with E-state index in [0.29, 0.717) is 0 Å². The molecule has 0 atom stereocenters. The third-order valence-electron chi connectivity index (χ3n) is 3.03. The number of ether oxygens (including phenoxy) is 2. The molecular formula is C17H20O4. The molecule has 0 saturated heterocycles. The van der Waals surface area contributed by atoms with Crippen molar-refractivity contribution in [2.45, 2.75) is 20.3 Å². The molecule has 0 N–H and O–H groups in total. The summed E-state index contributed by atoms with van der Waals surface area (Å²) in [6, 6.07) is 9.25. The molecule has 0 spiro atoms. The number of hydrogen-bond donors (Lipinski definition) is 0. The second-order valence-electron chi connectivity index (χ2n) is 4.91. The van der Waals surface area contributed by atoms with Crippen molar-refractivity contribution in [2.75, 3.05) is 14.2 Å². The number of methoxy groups -OCH3 is 2. The minimum Gasteiger partial charge on any atom is -0.468 e. The van der Waals surface area contributed by atoms with Gasteiger partial charge in [-0.15, -0.1) is 5.73 Å². The molecule has 0 aromatic heterocycles. The Balaban J connectivity index is 3.40. The highest BCUT2D eigenvalue weighted by atomic mass is 16.5. The van der Waals surface area contributed by atoms with Gasteiger partial charge in [-0.25, -0.2) is 0 Å². The van der Waals surface area contributed by atoms with Gasteiger partial charge < -0.3 is 9.47 Å². The largest absolute Gasteiger partial charge is 0.468 e. The smallest absolute Gasteiger partial charge is 0.328 e. The molecule has 0 fully saturated rings. The molecule has 21 heavy (non-hydrogen) atoms. The Morgan fingerprint density at radius 1 is 1.10 bits per heavy atom. The van der Waals surface area contributed by atoms with Gasteiger partial charge in [0.25, 0.3) is 0 Å². The molecule has 0 heterocycles. The van der Waals surface area contributed by atoms with Crippen molar-refractivity contribution in [3.63, 3.8) is 0 Å². The summed E-state index contributed by atoms with van der Waals surface area (Å²) in [5.41, 5.74) is 3.08. The predicted molar refractivity (Wildman–Crippen MR) is 79.6 cm³/mol. The maximum Gasteiger partial charge on any atom is 0.328 e. The van der Waals surface area contributed by atoms with Crippen LogP contribution in [0.4, 0.5) is 0 Å². The Morgan fingerprint density at radius 3 is 2.05 bits per heavy atom. The minimum absolute atomic E-state index is 0.160. The highest BCUT2D eigenvalue weighted by Gasteiger charge is 2.46. The molecular weight excluding hydrogens is 268 g/mol. The van der Waals surface area contributed by atoms with E-state index >= 15 is 0 Å². The first-order valence-corrected chi connectivity index (χ1v) is 6.58. The van der Waals surface area contributed by atoms with Crippen molar-refractivity contribution in [3.05, 3.63) is 53.3 Å². The molecule has 4 nitrogen and oxygen atoms in total. The van der Waals surface area contributed by atoms with Crippen molar-refractivity contribution in [2.24, 2.45) is 5.41 Å². The predicted octanol–water partition coefficient (Wildman–Crippen LogP) is 2.68. The molecule has 0 saturated carbocycles. The summed E-state index contributed by atoms with van der Waals surface area (Å²) in [6.07, 6.45) is 1.60. The number of rotatable bonds is 5. The second-order valence-corrected chi connectivity index (χ2v) is 4.91. The van der Waals surface area contributed by atoms with Gasteiger partial charge in [0, 0.05) is 6.42 Å². The normalized spacial score (nSPS) is 10.3. The molecule has 0 amide bonds. The third kappa shape index (κ3) is 4.07. The highest BCUT2D eigenvalue weighted by Crippen LogP contribution is 2.28. The van der Waals surface area contributed by atoms with Crippen LogP contribution < -0.4 is 0 Å². The van der Waals surface area contributed by atoms with E-state index in [0.717, 1.165) is 11.1 Å². The zero-order chi connectivity index (χ0) is 15.9. The minimum atomic E-state index is -1.53. The summed E-state index contributed by atoms with van der Waals surface area (Å²) < 4.78 is 9.65. The Hall–Kier alpha value is -2.32. The Labute approximate surface area is 125 Å². The molecule has 0 bridgehead atoms. The first-order valence-electron chi connectivity index (χ1n) is 6.58. The van der Waals surface area contributed by atoms with Gasteiger partial charge in [0.05, 0.1) is 14.2 Å². The molecule has 1 aromatic carbocycles. The van der Waals surface area contributed by atoms with Gasteiger partial charge in [-0.05, 0) is 31.1 Å². The van der Waals surface area contributed by atoms with Crippen LogP contribution in [0.1, 0.15) is 19.4 Å². The van der Waals surface area contributed by atoms with Crippen LogP contribution in [-0.2, 0) is 25.5 Å². The average molecular weight is 288 g/mol. The Morgan fingerprint density at radius 2 is 1.62 bits per heavy atom. The lowest BCUT2D eigenvalue weighted by molar-refractivity contribution is -0.165. The van der Waals surface area contributed by atoms with Crippen LogP contribution in [0.2, 0.25) is 0 Å². The zero-order valence-electron chi connectivity index (χ0n) is 12.8. The molecule has 0 aliphatic carbocycles. The zero-order valence-corrected chi connectivity index (χ0v) is 12.8. The van der Waals surface area contributed by atoms with Gasteiger partial charge in [0.2, 0.25) is 0 Å². The molecule has 4 heteroatoms. The van der Waals surface area contributed by atoms with Gasteiger partial charge in [-0.2, -0.15) is 0 Å². The molecule has 1 aromatic rings. The van der Waals surface area contributed by atoms with Crippen LogP contribution in [0.25, 0.3) is 0 Å². The molecule has 112 valence electrons. The van der Waals surface area contributed by atoms with Gasteiger partial charge in [0.15, 0.2) is 5.41 Å². The molecule has 0 unspecified atom stereocenters. The van der Waals surface area contributed by atoms with E-state index in [9.17, 15) is 9.59 Å². The summed E-state index contributed by atoms with van der Waals surface area (Å²) in [7, 11) is 2.50. The SMILES string of the molecule is COC(=O)C(C=C=C(C)C)(Cc1ccccc1)C(=O)OC. The van der Waals surface area contributed by atoms with Crippen LogP contribution in [-0.4, -0.2) is 26.2 Å². The number of carbonyl (C=O) groups excluding carboxylic acids is 2. The summed E-state index contributed by atoms with van der Waals surface area (Å²) >= 11 is 0. The summed E-state index contributed by atoms with van der Waals surface area (Å²) in [6.45, 7) is 3.66. The van der Waals surface area contributed by atoms with E-state index in [2.05, 4.69) is 5.73 Å². The molecule has 0 radical (unpaired) electrons. The van der Waals surface area contributed by atoms with Crippen molar-refractivity contribution in [1.29, 1.82) is 0 Å². The fourth-order valence-corrected chi connectivity index (χ4v) is 1.95. The van der Waals surface area contributed by atoms with E-state index < -0.39 is 17.4 Å². The number of esters is 2. The maximum atomic E-state index is 12.2. The van der Waals surface area contributed by atoms with Crippen molar-refractivity contribution >= 4 is 11.9 Å². The summed E-state index contributed by atoms with van der Waals surface area (Å²) in [4.78, 5) is 24.5. The topological polar surface area (TPSA) is 52.6 Å². The van der Waals surface area contributed by atoms with Crippen LogP contribution >= 0.6 is 0 Å². The number of benzene rings is 1. The van der Waals surface area contributed by atoms with Crippen LogP contribution in [0.5, 0.6) is 0 Å². The van der Waals surface area contributed by atoms with Gasteiger partial charge in [0.1, 0.15) is 0 Å². The fraction of sp³-hybridized carbons (Fsp3) is 0.353. The fourth-order valence-electron chi connectivity index (χ4n) is 1.95. The quantitative estimate of drug-likeness (QED) is 0.475. The molecule has 1 rings (SSSR count). The molecule has 0 aliphatic heterocycles. The van der Waals surface area contributed by atoms with Crippen molar-refractivity contribution in [1.82, 2.24) is 0 Å². The van der Waals surface area contributed by atoms with E-state index in [4.69, 9.17) is 9.47 Å². The lowest BCUT2D eigenvalue weighted by Gasteiger charge is -2.24. The monoisotopic (exact) mass is 288 g/mol. The number of carbonyl (C=O) groups is 2. The first-order chi connectivity index (χ1) is 9.96. The summed E-state index contributed by atoms with van der Waals surface area (Å²) in [5, 5.41) is 0. The molecule has 0 aliphatic rings. The van der Waals surface area contributed by atoms with E-state index in [1.165, 1.54) is 20.3 Å². The Kier molecular flexibility index (Phi) is 5.94. The van der Waals surface area contributed by atoms with Crippen molar-refractivity contribution in [3.8, 4) is 0 Å². The van der Waals surface area contributed by atoms with Crippen LogP contribution in [0.15, 0.2) is 47.7 Å². The van der Waals surface area contributed by atoms with Gasteiger partial charge in [-0.1, -0.05) is 30.3 Å². The second kappa shape index (κ2) is 7.46. The summed E-state index contributed by atoms with van der Waals surface area (Å²) in [5.74, 6) is -1.32. The first kappa shape index (κ1) is 16.7. The lowest BCUT2D eigenvalue weighted by atomic mass is 9.81. The van der Waals surface area contributed by atoms with E-state index in [1.54, 1.807) is 0 Å².